The summed E-state index contributed by atoms with van der Waals surface area (Å²) >= 11 is 0. The number of hydrogen-bond donors (Lipinski definition) is 1. The van der Waals surface area contributed by atoms with Crippen LogP contribution in [0, 0.1) is 13.8 Å². The highest BCUT2D eigenvalue weighted by Crippen LogP contribution is 2.29. The molecule has 1 atom stereocenters. The number of benzene rings is 1. The van der Waals surface area contributed by atoms with Crippen molar-refractivity contribution in [3.63, 3.8) is 0 Å². The van der Waals surface area contributed by atoms with Gasteiger partial charge in [0.05, 0.1) is 4.90 Å². The number of sulfonamides is 1. The van der Waals surface area contributed by atoms with Crippen molar-refractivity contribution >= 4 is 10.0 Å². The molecule has 112 valence electrons. The van der Waals surface area contributed by atoms with Crippen molar-refractivity contribution < 1.29 is 8.42 Å². The second-order valence-corrected chi connectivity index (χ2v) is 7.53. The van der Waals surface area contributed by atoms with Crippen LogP contribution in [0.4, 0.5) is 0 Å². The van der Waals surface area contributed by atoms with E-state index in [0.29, 0.717) is 18.0 Å². The fourth-order valence-corrected chi connectivity index (χ4v) is 4.91. The lowest BCUT2D eigenvalue weighted by molar-refractivity contribution is 0.408. The molecule has 0 saturated carbocycles. The fourth-order valence-electron chi connectivity index (χ4n) is 2.86. The quantitative estimate of drug-likeness (QED) is 0.926. The van der Waals surface area contributed by atoms with Gasteiger partial charge in [0.2, 0.25) is 10.0 Å². The van der Waals surface area contributed by atoms with E-state index in [1.165, 1.54) is 0 Å². The predicted molar refractivity (Wildman–Crippen MR) is 81.3 cm³/mol. The highest BCUT2D eigenvalue weighted by molar-refractivity contribution is 7.89. The first-order chi connectivity index (χ1) is 9.37. The minimum Gasteiger partial charge on any atom is -0.316 e. The molecule has 0 aliphatic carbocycles. The summed E-state index contributed by atoms with van der Waals surface area (Å²) in [5, 5.41) is 3.08. The molecule has 0 bridgehead atoms. The first-order valence-corrected chi connectivity index (χ1v) is 8.58. The van der Waals surface area contributed by atoms with Crippen molar-refractivity contribution in [2.24, 2.45) is 0 Å². The minimum absolute atomic E-state index is 0.104. The van der Waals surface area contributed by atoms with Gasteiger partial charge < -0.3 is 5.32 Å². The van der Waals surface area contributed by atoms with Crippen LogP contribution in [0.5, 0.6) is 0 Å². The maximum absolute atomic E-state index is 12.9. The van der Waals surface area contributed by atoms with Crippen LogP contribution in [0.3, 0.4) is 0 Å². The summed E-state index contributed by atoms with van der Waals surface area (Å²) < 4.78 is 27.4. The van der Waals surface area contributed by atoms with Crippen molar-refractivity contribution in [3.05, 3.63) is 28.8 Å². The lowest BCUT2D eigenvalue weighted by Crippen LogP contribution is -2.34. The Morgan fingerprint density at radius 2 is 2.05 bits per heavy atom. The average molecular weight is 296 g/mol. The van der Waals surface area contributed by atoms with Crippen LogP contribution >= 0.6 is 0 Å². The van der Waals surface area contributed by atoms with Gasteiger partial charge in [-0.15, -0.1) is 0 Å². The van der Waals surface area contributed by atoms with Gasteiger partial charge in [-0.3, -0.25) is 0 Å². The number of rotatable bonds is 4. The van der Waals surface area contributed by atoms with E-state index in [0.717, 1.165) is 29.5 Å². The number of nitrogens with zero attached hydrogens (tertiary/aromatic N) is 1. The van der Waals surface area contributed by atoms with Crippen molar-refractivity contribution in [1.29, 1.82) is 0 Å². The normalized spacial score (nSPS) is 20.5. The van der Waals surface area contributed by atoms with Crippen molar-refractivity contribution in [2.75, 3.05) is 13.6 Å². The van der Waals surface area contributed by atoms with Gasteiger partial charge in [-0.05, 0) is 63.4 Å². The second kappa shape index (κ2) is 5.84. The Morgan fingerprint density at radius 3 is 2.60 bits per heavy atom. The molecule has 1 fully saturated rings. The van der Waals surface area contributed by atoms with Crippen LogP contribution in [0.1, 0.15) is 36.5 Å². The van der Waals surface area contributed by atoms with E-state index in [1.807, 2.05) is 33.9 Å². The number of aryl methyl sites for hydroxylation is 1. The summed E-state index contributed by atoms with van der Waals surface area (Å²) in [6.07, 6.45) is 1.90. The zero-order valence-corrected chi connectivity index (χ0v) is 13.5. The lowest BCUT2D eigenvalue weighted by Gasteiger charge is -2.23. The maximum Gasteiger partial charge on any atom is 0.243 e. The highest BCUT2D eigenvalue weighted by Gasteiger charge is 2.33. The topological polar surface area (TPSA) is 49.4 Å². The molecular weight excluding hydrogens is 272 g/mol. The van der Waals surface area contributed by atoms with E-state index in [9.17, 15) is 8.42 Å². The van der Waals surface area contributed by atoms with Crippen molar-refractivity contribution in [1.82, 2.24) is 9.62 Å². The molecule has 1 aromatic rings. The van der Waals surface area contributed by atoms with Crippen LogP contribution in [0.15, 0.2) is 17.0 Å². The Morgan fingerprint density at radius 1 is 1.35 bits per heavy atom. The summed E-state index contributed by atoms with van der Waals surface area (Å²) in [4.78, 5) is 0.469. The predicted octanol–water partition coefficient (Wildman–Crippen LogP) is 2.20. The molecule has 0 aromatic heterocycles. The largest absolute Gasteiger partial charge is 0.316 e. The van der Waals surface area contributed by atoms with Gasteiger partial charge >= 0.3 is 0 Å². The molecule has 1 aliphatic heterocycles. The number of nitrogens with one attached hydrogen (secondary N) is 1. The van der Waals surface area contributed by atoms with Crippen LogP contribution < -0.4 is 5.32 Å². The lowest BCUT2D eigenvalue weighted by atomic mass is 10.1. The monoisotopic (exact) mass is 296 g/mol. The van der Waals surface area contributed by atoms with Crippen molar-refractivity contribution in [2.45, 2.75) is 51.1 Å². The SMILES string of the molecule is CNCc1cc(C)c(C)c(S(=O)(=O)N2CCCC2C)c1. The summed E-state index contributed by atoms with van der Waals surface area (Å²) in [6.45, 7) is 7.18. The molecule has 0 radical (unpaired) electrons. The molecule has 1 heterocycles. The smallest absolute Gasteiger partial charge is 0.243 e. The zero-order chi connectivity index (χ0) is 14.9. The van der Waals surface area contributed by atoms with Gasteiger partial charge in [0.1, 0.15) is 0 Å². The molecule has 5 heteroatoms. The molecule has 1 N–H and O–H groups in total. The molecule has 1 aromatic carbocycles. The Hall–Kier alpha value is -0.910. The van der Waals surface area contributed by atoms with E-state index >= 15 is 0 Å². The Labute approximate surface area is 122 Å². The summed E-state index contributed by atoms with van der Waals surface area (Å²) in [7, 11) is -1.51. The molecule has 1 saturated heterocycles. The van der Waals surface area contributed by atoms with Gasteiger partial charge in [0, 0.05) is 19.1 Å². The van der Waals surface area contributed by atoms with Crippen LogP contribution in [-0.2, 0) is 16.6 Å². The van der Waals surface area contributed by atoms with E-state index in [2.05, 4.69) is 11.4 Å². The summed E-state index contributed by atoms with van der Waals surface area (Å²) in [5.41, 5.74) is 2.91. The maximum atomic E-state index is 12.9. The van der Waals surface area contributed by atoms with Crippen molar-refractivity contribution in [3.8, 4) is 0 Å². The Kier molecular flexibility index (Phi) is 4.52. The van der Waals surface area contributed by atoms with Gasteiger partial charge in [-0.25, -0.2) is 8.42 Å². The van der Waals surface area contributed by atoms with Gasteiger partial charge in [0.15, 0.2) is 0 Å². The molecule has 4 nitrogen and oxygen atoms in total. The first kappa shape index (κ1) is 15.5. The third-order valence-electron chi connectivity index (χ3n) is 4.14. The zero-order valence-electron chi connectivity index (χ0n) is 12.7. The molecular formula is C15H24N2O2S. The van der Waals surface area contributed by atoms with E-state index in [-0.39, 0.29) is 6.04 Å². The third-order valence-corrected chi connectivity index (χ3v) is 6.28. The molecule has 0 spiro atoms. The van der Waals surface area contributed by atoms with Gasteiger partial charge in [-0.1, -0.05) is 6.07 Å². The van der Waals surface area contributed by atoms with E-state index in [4.69, 9.17) is 0 Å². The molecule has 2 rings (SSSR count). The minimum atomic E-state index is -3.38. The van der Waals surface area contributed by atoms with Crippen LogP contribution in [0.2, 0.25) is 0 Å². The first-order valence-electron chi connectivity index (χ1n) is 7.14. The fraction of sp³-hybridized carbons (Fsp3) is 0.600. The summed E-state index contributed by atoms with van der Waals surface area (Å²) in [6, 6.07) is 3.98. The molecule has 1 unspecified atom stereocenters. The van der Waals surface area contributed by atoms with Crippen LogP contribution in [-0.4, -0.2) is 32.4 Å². The molecule has 20 heavy (non-hydrogen) atoms. The number of hydrogen-bond acceptors (Lipinski definition) is 3. The van der Waals surface area contributed by atoms with Gasteiger partial charge in [0.25, 0.3) is 0 Å². The second-order valence-electron chi connectivity index (χ2n) is 5.67. The van der Waals surface area contributed by atoms with E-state index < -0.39 is 10.0 Å². The van der Waals surface area contributed by atoms with Gasteiger partial charge in [-0.2, -0.15) is 4.31 Å². The Bertz CT molecular complexity index is 596. The molecule has 0 amide bonds. The average Bonchev–Trinajstić information content (AvgIpc) is 2.80. The standard InChI is InChI=1S/C15H24N2O2S/c1-11-8-14(10-16-4)9-15(13(11)3)20(18,19)17-7-5-6-12(17)2/h8-9,12,16H,5-7,10H2,1-4H3. The molecule has 1 aliphatic rings. The Balaban J connectivity index is 2.50. The summed E-state index contributed by atoms with van der Waals surface area (Å²) in [5.74, 6) is 0. The third kappa shape index (κ3) is 2.75. The van der Waals surface area contributed by atoms with Crippen LogP contribution in [0.25, 0.3) is 0 Å². The highest BCUT2D eigenvalue weighted by atomic mass is 32.2. The van der Waals surface area contributed by atoms with E-state index in [1.54, 1.807) is 4.31 Å².